The third-order valence-corrected chi connectivity index (χ3v) is 10.5. The second-order valence-electron chi connectivity index (χ2n) is 15.5. The fraction of sp³-hybridized carbons (Fsp3) is 0.826. The third kappa shape index (κ3) is 32.7. The first-order valence-corrected chi connectivity index (χ1v) is 22.4. The normalized spacial score (nSPS) is 11.9. The highest BCUT2D eigenvalue weighted by molar-refractivity contribution is 5.71. The summed E-state index contributed by atoms with van der Waals surface area (Å²) in [4.78, 5) is 21.1. The van der Waals surface area contributed by atoms with Gasteiger partial charge in [0.15, 0.2) is 0 Å². The smallest absolute Gasteiger partial charge is 0.224 e. The minimum atomic E-state index is -0.0529. The average Bonchev–Trinajstić information content (AvgIpc) is 3.15. The standard InChI is InChI=1S/C46H84N2O4/c1-4-6-8-10-12-14-16-18-20-22-24-26-28-30-32-34-36-46(47)51-49-42-44-39-37-43(38-40-44)41-45(50-52-48-3)35-33-31-29-27-25-23-21-19-17-15-13-11-9-7-5-2/h37-40,45,47H,3-36,41-42H2,1-2H3. The Morgan fingerprint density at radius 2 is 0.904 bits per heavy atom. The Balaban J connectivity index is 2.03. The molecule has 6 nitrogen and oxygen atoms in total. The maximum atomic E-state index is 8.08. The van der Waals surface area contributed by atoms with Gasteiger partial charge in [-0.25, -0.2) is 4.99 Å². The van der Waals surface area contributed by atoms with Crippen LogP contribution in [0.25, 0.3) is 0 Å². The van der Waals surface area contributed by atoms with Crippen LogP contribution in [-0.2, 0) is 32.7 Å². The van der Waals surface area contributed by atoms with Crippen LogP contribution in [0.4, 0.5) is 0 Å². The van der Waals surface area contributed by atoms with E-state index in [0.717, 1.165) is 37.7 Å². The first kappa shape index (κ1) is 48.1. The number of oxime groups is 1. The summed E-state index contributed by atoms with van der Waals surface area (Å²) in [7, 11) is 0. The van der Waals surface area contributed by atoms with Crippen molar-refractivity contribution in [2.45, 2.75) is 245 Å². The molecule has 0 amide bonds. The van der Waals surface area contributed by atoms with E-state index in [-0.39, 0.29) is 12.0 Å². The lowest BCUT2D eigenvalue weighted by Crippen LogP contribution is -2.15. The lowest BCUT2D eigenvalue weighted by molar-refractivity contribution is -0.325. The van der Waals surface area contributed by atoms with E-state index in [4.69, 9.17) is 25.1 Å². The van der Waals surface area contributed by atoms with E-state index in [1.165, 1.54) is 185 Å². The molecular weight excluding hydrogens is 645 g/mol. The molecule has 1 unspecified atom stereocenters. The van der Waals surface area contributed by atoms with Crippen LogP contribution in [0, 0.1) is 5.41 Å². The molecule has 1 aromatic carbocycles. The Bertz CT molecular complexity index is 893. The van der Waals surface area contributed by atoms with Crippen LogP contribution >= 0.6 is 0 Å². The van der Waals surface area contributed by atoms with Crippen molar-refractivity contribution in [3.05, 3.63) is 35.4 Å². The summed E-state index contributed by atoms with van der Waals surface area (Å²) in [5, 5.41) is 11.5. The molecule has 6 heteroatoms. The Hall–Kier alpha value is -1.92. The Morgan fingerprint density at radius 1 is 0.538 bits per heavy atom. The van der Waals surface area contributed by atoms with Gasteiger partial charge in [-0.1, -0.05) is 236 Å². The molecule has 0 spiro atoms. The maximum Gasteiger partial charge on any atom is 0.224 e. The van der Waals surface area contributed by atoms with E-state index in [1.807, 2.05) is 0 Å². The SMILES string of the molecule is C=NOOC(CCCCCCCCCCCCCCCCC)Cc1ccc(COOC(=N)CCCCCCCCCCCCCCCCCC)cc1. The molecule has 0 radical (unpaired) electrons. The molecule has 1 aromatic rings. The molecular formula is C46H84N2O4. The molecule has 0 heterocycles. The van der Waals surface area contributed by atoms with Crippen LogP contribution in [0.2, 0.25) is 0 Å². The summed E-state index contributed by atoms with van der Waals surface area (Å²) >= 11 is 0. The molecule has 302 valence electrons. The largest absolute Gasteiger partial charge is 0.322 e. The highest BCUT2D eigenvalue weighted by Gasteiger charge is 2.13. The van der Waals surface area contributed by atoms with Crippen molar-refractivity contribution in [2.75, 3.05) is 0 Å². The third-order valence-electron chi connectivity index (χ3n) is 10.5. The van der Waals surface area contributed by atoms with Crippen LogP contribution in [0.3, 0.4) is 0 Å². The summed E-state index contributed by atoms with van der Waals surface area (Å²) in [5.41, 5.74) is 2.20. The van der Waals surface area contributed by atoms with Crippen LogP contribution in [0.15, 0.2) is 29.4 Å². The van der Waals surface area contributed by atoms with Crippen molar-refractivity contribution in [1.29, 1.82) is 5.41 Å². The van der Waals surface area contributed by atoms with Crippen molar-refractivity contribution in [3.8, 4) is 0 Å². The van der Waals surface area contributed by atoms with Gasteiger partial charge in [0.1, 0.15) is 12.7 Å². The van der Waals surface area contributed by atoms with E-state index >= 15 is 0 Å². The van der Waals surface area contributed by atoms with Crippen LogP contribution < -0.4 is 0 Å². The molecule has 0 bridgehead atoms. The summed E-state index contributed by atoms with van der Waals surface area (Å²) in [6, 6.07) is 8.31. The van der Waals surface area contributed by atoms with Gasteiger partial charge in [-0.15, -0.1) is 0 Å². The van der Waals surface area contributed by atoms with Gasteiger partial charge in [-0.05, 0) is 24.0 Å². The van der Waals surface area contributed by atoms with Crippen LogP contribution in [0.1, 0.15) is 237 Å². The van der Waals surface area contributed by atoms with Gasteiger partial charge in [0, 0.05) is 19.6 Å². The number of hydrogen-bond acceptors (Lipinski definition) is 6. The number of nitrogens with one attached hydrogen (secondary N) is 1. The number of rotatable bonds is 41. The minimum Gasteiger partial charge on any atom is -0.322 e. The number of benzene rings is 1. The van der Waals surface area contributed by atoms with E-state index < -0.39 is 0 Å². The van der Waals surface area contributed by atoms with Gasteiger partial charge in [-0.3, -0.25) is 5.41 Å². The first-order valence-electron chi connectivity index (χ1n) is 22.4. The van der Waals surface area contributed by atoms with Gasteiger partial charge in [0.05, 0.1) is 0 Å². The van der Waals surface area contributed by atoms with Gasteiger partial charge < -0.3 is 4.89 Å². The Morgan fingerprint density at radius 3 is 1.31 bits per heavy atom. The predicted molar refractivity (Wildman–Crippen MR) is 223 cm³/mol. The predicted octanol–water partition coefficient (Wildman–Crippen LogP) is 15.5. The second kappa shape index (κ2) is 38.8. The van der Waals surface area contributed by atoms with Gasteiger partial charge in [0.25, 0.3) is 0 Å². The molecule has 1 rings (SSSR count). The van der Waals surface area contributed by atoms with Crippen molar-refractivity contribution >= 4 is 12.6 Å². The molecule has 0 aliphatic heterocycles. The van der Waals surface area contributed by atoms with Crippen molar-refractivity contribution < 1.29 is 19.7 Å². The van der Waals surface area contributed by atoms with Crippen molar-refractivity contribution in [3.63, 3.8) is 0 Å². The van der Waals surface area contributed by atoms with Crippen molar-refractivity contribution in [2.24, 2.45) is 5.16 Å². The van der Waals surface area contributed by atoms with E-state index in [1.54, 1.807) is 0 Å². The zero-order valence-electron chi connectivity index (χ0n) is 34.4. The highest BCUT2D eigenvalue weighted by Crippen LogP contribution is 2.18. The zero-order valence-corrected chi connectivity index (χ0v) is 34.4. The van der Waals surface area contributed by atoms with E-state index in [2.05, 4.69) is 50.0 Å². The lowest BCUT2D eigenvalue weighted by Gasteiger charge is -2.15. The number of unbranched alkanes of at least 4 members (excludes halogenated alkanes) is 29. The van der Waals surface area contributed by atoms with Crippen LogP contribution in [0.5, 0.6) is 0 Å². The second-order valence-corrected chi connectivity index (χ2v) is 15.5. The Kier molecular flexibility index (Phi) is 35.9. The van der Waals surface area contributed by atoms with Gasteiger partial charge in [-0.2, -0.15) is 9.78 Å². The molecule has 1 N–H and O–H groups in total. The topological polar surface area (TPSA) is 73.1 Å². The molecule has 1 atom stereocenters. The summed E-state index contributed by atoms with van der Waals surface area (Å²) in [6.07, 6.45) is 44.3. The van der Waals surface area contributed by atoms with Crippen LogP contribution in [-0.4, -0.2) is 18.7 Å². The molecule has 0 aliphatic rings. The molecule has 0 aromatic heterocycles. The molecule has 0 fully saturated rings. The monoisotopic (exact) mass is 729 g/mol. The fourth-order valence-corrected chi connectivity index (χ4v) is 7.10. The number of nitrogens with zero attached hydrogens (tertiary/aromatic N) is 1. The molecule has 52 heavy (non-hydrogen) atoms. The summed E-state index contributed by atoms with van der Waals surface area (Å²) < 4.78 is 0. The average molecular weight is 729 g/mol. The molecule has 0 saturated heterocycles. The van der Waals surface area contributed by atoms with Gasteiger partial charge in [0.2, 0.25) is 5.90 Å². The summed E-state index contributed by atoms with van der Waals surface area (Å²) in [6.45, 7) is 8.28. The van der Waals surface area contributed by atoms with Crippen molar-refractivity contribution in [1.82, 2.24) is 0 Å². The Labute approximate surface area is 322 Å². The first-order chi connectivity index (χ1) is 25.7. The quantitative estimate of drug-likeness (QED) is 0.0239. The minimum absolute atomic E-state index is 0.0529. The zero-order chi connectivity index (χ0) is 37.4. The lowest BCUT2D eigenvalue weighted by atomic mass is 10.0. The highest BCUT2D eigenvalue weighted by atomic mass is 17.3. The molecule has 0 aliphatic carbocycles. The molecule has 0 saturated carbocycles. The maximum absolute atomic E-state index is 8.08. The van der Waals surface area contributed by atoms with E-state index in [0.29, 0.717) is 13.0 Å². The summed E-state index contributed by atoms with van der Waals surface area (Å²) in [5.74, 6) is 0.219. The van der Waals surface area contributed by atoms with Gasteiger partial charge >= 0.3 is 0 Å². The van der Waals surface area contributed by atoms with E-state index in [9.17, 15) is 0 Å². The fourth-order valence-electron chi connectivity index (χ4n) is 7.10. The number of hydrogen-bond donors (Lipinski definition) is 1.